The zero-order valence-electron chi connectivity index (χ0n) is 16.7. The third kappa shape index (κ3) is 4.98. The molecule has 3 rings (SSSR count). The number of aromatic nitrogens is 2. The molecule has 1 amide bonds. The van der Waals surface area contributed by atoms with Crippen molar-refractivity contribution in [3.63, 3.8) is 0 Å². The highest BCUT2D eigenvalue weighted by molar-refractivity contribution is 7.99. The molecule has 7 heteroatoms. The third-order valence-electron chi connectivity index (χ3n) is 4.51. The molecule has 0 unspecified atom stereocenters. The van der Waals surface area contributed by atoms with Gasteiger partial charge in [0.2, 0.25) is 5.91 Å². The van der Waals surface area contributed by atoms with Crippen molar-refractivity contribution in [3.05, 3.63) is 58.9 Å². The molecular formula is C22H25N3O3S. The number of thioether (sulfide) groups is 1. The summed E-state index contributed by atoms with van der Waals surface area (Å²) >= 11 is 1.25. The molecule has 0 spiro atoms. The summed E-state index contributed by atoms with van der Waals surface area (Å²) in [4.78, 5) is 30.1. The summed E-state index contributed by atoms with van der Waals surface area (Å²) in [5.74, 6) is 0.684. The molecule has 1 heterocycles. The SMILES string of the molecule is CCCCCNC(=O)CSc1nc2ccccc2c(=O)n1-c1ccccc1OC. The Balaban J connectivity index is 1.95. The van der Waals surface area contributed by atoms with Crippen LogP contribution in [-0.4, -0.2) is 34.9 Å². The monoisotopic (exact) mass is 411 g/mol. The first-order valence-corrected chi connectivity index (χ1v) is 10.7. The highest BCUT2D eigenvalue weighted by Crippen LogP contribution is 2.26. The van der Waals surface area contributed by atoms with Gasteiger partial charge in [-0.15, -0.1) is 0 Å². The summed E-state index contributed by atoms with van der Waals surface area (Å²) < 4.78 is 6.97. The first-order chi connectivity index (χ1) is 14.2. The van der Waals surface area contributed by atoms with Crippen LogP contribution in [0.25, 0.3) is 16.6 Å². The second-order valence-corrected chi connectivity index (χ2v) is 7.51. The molecule has 1 aromatic heterocycles. The van der Waals surface area contributed by atoms with Gasteiger partial charge in [-0.05, 0) is 30.7 Å². The number of benzene rings is 2. The summed E-state index contributed by atoms with van der Waals surface area (Å²) in [6.45, 7) is 2.79. The Hall–Kier alpha value is -2.80. The van der Waals surface area contributed by atoms with Crippen LogP contribution < -0.4 is 15.6 Å². The minimum atomic E-state index is -0.189. The third-order valence-corrected chi connectivity index (χ3v) is 5.44. The van der Waals surface area contributed by atoms with Gasteiger partial charge in [0.1, 0.15) is 5.75 Å². The number of fused-ring (bicyclic) bond motifs is 1. The quantitative estimate of drug-likeness (QED) is 0.329. The summed E-state index contributed by atoms with van der Waals surface area (Å²) in [7, 11) is 1.56. The lowest BCUT2D eigenvalue weighted by atomic mass is 10.2. The smallest absolute Gasteiger partial charge is 0.266 e. The second kappa shape index (κ2) is 10.1. The van der Waals surface area contributed by atoms with E-state index in [1.807, 2.05) is 30.3 Å². The van der Waals surface area contributed by atoms with Crippen molar-refractivity contribution in [1.82, 2.24) is 14.9 Å². The van der Waals surface area contributed by atoms with E-state index in [4.69, 9.17) is 4.74 Å². The predicted octanol–water partition coefficient (Wildman–Crippen LogP) is 3.79. The van der Waals surface area contributed by atoms with Crippen LogP contribution >= 0.6 is 11.8 Å². The molecule has 6 nitrogen and oxygen atoms in total. The molecule has 0 aliphatic heterocycles. The Kier molecular flexibility index (Phi) is 7.30. The van der Waals surface area contributed by atoms with Crippen LogP contribution in [0.5, 0.6) is 5.75 Å². The average Bonchev–Trinajstić information content (AvgIpc) is 2.75. The van der Waals surface area contributed by atoms with Crippen molar-refractivity contribution in [3.8, 4) is 11.4 Å². The number of carbonyl (C=O) groups is 1. The fourth-order valence-electron chi connectivity index (χ4n) is 3.02. The first-order valence-electron chi connectivity index (χ1n) is 9.70. The largest absolute Gasteiger partial charge is 0.495 e. The summed E-state index contributed by atoms with van der Waals surface area (Å²) in [6, 6.07) is 14.5. The zero-order valence-corrected chi connectivity index (χ0v) is 17.5. The van der Waals surface area contributed by atoms with Gasteiger partial charge in [0.05, 0.1) is 29.5 Å². The second-order valence-electron chi connectivity index (χ2n) is 6.57. The van der Waals surface area contributed by atoms with Crippen molar-refractivity contribution >= 4 is 28.6 Å². The van der Waals surface area contributed by atoms with Crippen LogP contribution in [0.4, 0.5) is 0 Å². The van der Waals surface area contributed by atoms with Crippen LogP contribution in [0.3, 0.4) is 0 Å². The summed E-state index contributed by atoms with van der Waals surface area (Å²) in [6.07, 6.45) is 3.16. The van der Waals surface area contributed by atoms with Crippen LogP contribution in [0, 0.1) is 0 Å². The van der Waals surface area contributed by atoms with Crippen molar-refractivity contribution in [2.45, 2.75) is 31.3 Å². The fraction of sp³-hybridized carbons (Fsp3) is 0.318. The molecule has 2 aromatic carbocycles. The number of nitrogens with one attached hydrogen (secondary N) is 1. The maximum atomic E-state index is 13.3. The normalized spacial score (nSPS) is 10.8. The highest BCUT2D eigenvalue weighted by atomic mass is 32.2. The van der Waals surface area contributed by atoms with E-state index < -0.39 is 0 Å². The van der Waals surface area contributed by atoms with E-state index in [-0.39, 0.29) is 17.2 Å². The summed E-state index contributed by atoms with van der Waals surface area (Å²) in [5.41, 5.74) is 1.02. The van der Waals surface area contributed by atoms with Crippen LogP contribution in [-0.2, 0) is 4.79 Å². The molecule has 1 N–H and O–H groups in total. The topological polar surface area (TPSA) is 73.2 Å². The molecule has 0 saturated heterocycles. The van der Waals surface area contributed by atoms with Crippen LogP contribution in [0.2, 0.25) is 0 Å². The number of hydrogen-bond acceptors (Lipinski definition) is 5. The Bertz CT molecular complexity index is 1050. The lowest BCUT2D eigenvalue weighted by Crippen LogP contribution is -2.27. The minimum absolute atomic E-state index is 0.0694. The number of rotatable bonds is 9. The molecule has 0 aliphatic rings. The molecule has 3 aromatic rings. The van der Waals surface area contributed by atoms with Gasteiger partial charge in [0.25, 0.3) is 5.56 Å². The van der Waals surface area contributed by atoms with Crippen LogP contribution in [0.15, 0.2) is 58.5 Å². The van der Waals surface area contributed by atoms with Gasteiger partial charge in [0.15, 0.2) is 5.16 Å². The van der Waals surface area contributed by atoms with Crippen molar-refractivity contribution in [1.29, 1.82) is 0 Å². The van der Waals surface area contributed by atoms with E-state index in [1.165, 1.54) is 16.3 Å². The van der Waals surface area contributed by atoms with Gasteiger partial charge in [-0.1, -0.05) is 55.8 Å². The lowest BCUT2D eigenvalue weighted by Gasteiger charge is -2.15. The molecule has 152 valence electrons. The molecule has 0 saturated carbocycles. The van der Waals surface area contributed by atoms with Gasteiger partial charge in [-0.2, -0.15) is 0 Å². The van der Waals surface area contributed by atoms with Gasteiger partial charge in [-0.3, -0.25) is 14.2 Å². The number of para-hydroxylation sites is 3. The average molecular weight is 412 g/mol. The molecule has 29 heavy (non-hydrogen) atoms. The molecule has 0 atom stereocenters. The van der Waals surface area contributed by atoms with Gasteiger partial charge >= 0.3 is 0 Å². The first kappa shape index (κ1) is 20.9. The number of hydrogen-bond donors (Lipinski definition) is 1. The van der Waals surface area contributed by atoms with Gasteiger partial charge in [0, 0.05) is 6.54 Å². The van der Waals surface area contributed by atoms with E-state index in [0.717, 1.165) is 19.3 Å². The maximum absolute atomic E-state index is 13.3. The van der Waals surface area contributed by atoms with E-state index in [0.29, 0.717) is 34.0 Å². The van der Waals surface area contributed by atoms with Gasteiger partial charge < -0.3 is 10.1 Å². The van der Waals surface area contributed by atoms with E-state index in [1.54, 1.807) is 25.3 Å². The van der Waals surface area contributed by atoms with E-state index in [9.17, 15) is 9.59 Å². The minimum Gasteiger partial charge on any atom is -0.495 e. The standard InChI is InChI=1S/C22H25N3O3S/c1-3-4-9-14-23-20(26)15-29-22-24-17-11-6-5-10-16(17)21(27)25(22)18-12-7-8-13-19(18)28-2/h5-8,10-13H,3-4,9,14-15H2,1-2H3,(H,23,26). The predicted molar refractivity (Wildman–Crippen MR) is 117 cm³/mol. The van der Waals surface area contributed by atoms with Crippen molar-refractivity contribution in [2.24, 2.45) is 0 Å². The fourth-order valence-corrected chi connectivity index (χ4v) is 3.86. The Labute approximate surface area is 174 Å². The molecule has 0 fully saturated rings. The number of nitrogens with zero attached hydrogens (tertiary/aromatic N) is 2. The molecule has 0 radical (unpaired) electrons. The number of unbranched alkanes of at least 4 members (excludes halogenated alkanes) is 2. The van der Waals surface area contributed by atoms with E-state index in [2.05, 4.69) is 17.2 Å². The number of methoxy groups -OCH3 is 1. The van der Waals surface area contributed by atoms with E-state index >= 15 is 0 Å². The molecule has 0 aliphatic carbocycles. The Morgan fingerprint density at radius 3 is 2.69 bits per heavy atom. The highest BCUT2D eigenvalue weighted by Gasteiger charge is 2.17. The number of amides is 1. The zero-order chi connectivity index (χ0) is 20.6. The Morgan fingerprint density at radius 1 is 1.14 bits per heavy atom. The summed E-state index contributed by atoms with van der Waals surface area (Å²) in [5, 5.41) is 3.90. The number of carbonyl (C=O) groups excluding carboxylic acids is 1. The van der Waals surface area contributed by atoms with Gasteiger partial charge in [-0.25, -0.2) is 4.98 Å². The molecular weight excluding hydrogens is 386 g/mol. The number of ether oxygens (including phenoxy) is 1. The van der Waals surface area contributed by atoms with Crippen molar-refractivity contribution in [2.75, 3.05) is 19.4 Å². The van der Waals surface area contributed by atoms with Crippen molar-refractivity contribution < 1.29 is 9.53 Å². The molecule has 0 bridgehead atoms. The Morgan fingerprint density at radius 2 is 1.90 bits per heavy atom. The maximum Gasteiger partial charge on any atom is 0.266 e. The lowest BCUT2D eigenvalue weighted by molar-refractivity contribution is -0.118. The van der Waals surface area contributed by atoms with Crippen LogP contribution in [0.1, 0.15) is 26.2 Å².